The Kier molecular flexibility index (Phi) is 6.41. The van der Waals surface area contributed by atoms with Gasteiger partial charge >= 0.3 is 5.97 Å². The van der Waals surface area contributed by atoms with Crippen molar-refractivity contribution in [1.82, 2.24) is 9.88 Å². The molecule has 0 spiro atoms. The van der Waals surface area contributed by atoms with Gasteiger partial charge < -0.3 is 19.9 Å². The van der Waals surface area contributed by atoms with Crippen molar-refractivity contribution in [2.45, 2.75) is 19.5 Å². The van der Waals surface area contributed by atoms with Crippen molar-refractivity contribution < 1.29 is 14.3 Å². The van der Waals surface area contributed by atoms with Crippen molar-refractivity contribution in [2.75, 3.05) is 66.0 Å². The molecule has 4 heterocycles. The molecule has 174 valence electrons. The summed E-state index contributed by atoms with van der Waals surface area (Å²) in [6, 6.07) is 9.62. The molecule has 33 heavy (non-hydrogen) atoms. The number of nitrogens with one attached hydrogen (secondary N) is 1. The van der Waals surface area contributed by atoms with Crippen molar-refractivity contribution in [2.24, 2.45) is 0 Å². The third-order valence-corrected chi connectivity index (χ3v) is 7.43. The Labute approximate surface area is 198 Å². The molecule has 2 fully saturated rings. The number of anilines is 3. The number of benzene rings is 1. The van der Waals surface area contributed by atoms with Gasteiger partial charge in [-0.3, -0.25) is 9.69 Å². The first-order chi connectivity index (χ1) is 16.1. The van der Waals surface area contributed by atoms with Gasteiger partial charge in [0.25, 0.3) is 0 Å². The van der Waals surface area contributed by atoms with E-state index in [4.69, 9.17) is 9.72 Å². The molecule has 2 saturated heterocycles. The number of hydrogen-bond donors (Lipinski definition) is 1. The largest absolute Gasteiger partial charge is 0.462 e. The van der Waals surface area contributed by atoms with Crippen molar-refractivity contribution in [3.8, 4) is 0 Å². The summed E-state index contributed by atoms with van der Waals surface area (Å²) in [4.78, 5) is 36.0. The second-order valence-electron chi connectivity index (χ2n) is 8.52. The number of rotatable bonds is 5. The summed E-state index contributed by atoms with van der Waals surface area (Å²) in [5.74, 6) is 2.56. The van der Waals surface area contributed by atoms with Gasteiger partial charge in [0, 0.05) is 62.7 Å². The highest BCUT2D eigenvalue weighted by Crippen LogP contribution is 2.34. The zero-order valence-electron chi connectivity index (χ0n) is 18.8. The van der Waals surface area contributed by atoms with Crippen LogP contribution in [0.1, 0.15) is 22.8 Å². The molecule has 1 amide bonds. The summed E-state index contributed by atoms with van der Waals surface area (Å²) in [6.07, 6.45) is 1.95. The number of esters is 1. The van der Waals surface area contributed by atoms with Crippen LogP contribution in [0.4, 0.5) is 17.2 Å². The average Bonchev–Trinajstić information content (AvgIpc) is 2.85. The van der Waals surface area contributed by atoms with Crippen LogP contribution in [0.25, 0.3) is 0 Å². The second-order valence-corrected chi connectivity index (χ2v) is 9.67. The third-order valence-electron chi connectivity index (χ3n) is 6.41. The van der Waals surface area contributed by atoms with Crippen LogP contribution >= 0.6 is 11.8 Å². The number of carbonyl (C=O) groups excluding carboxylic acids is 2. The lowest BCUT2D eigenvalue weighted by Gasteiger charge is -2.40. The molecule has 0 saturated carbocycles. The van der Waals surface area contributed by atoms with Crippen molar-refractivity contribution >= 4 is 40.8 Å². The van der Waals surface area contributed by atoms with E-state index in [0.29, 0.717) is 12.2 Å². The molecule has 9 heteroatoms. The fraction of sp³-hybridized carbons (Fsp3) is 0.458. The topological polar surface area (TPSA) is 78.0 Å². The van der Waals surface area contributed by atoms with E-state index in [9.17, 15) is 9.59 Å². The third kappa shape index (κ3) is 4.65. The molecule has 2 aromatic rings. The number of aromatic nitrogens is 1. The molecule has 0 radical (unpaired) electrons. The molecule has 1 atom stereocenters. The first-order valence-corrected chi connectivity index (χ1v) is 12.7. The number of amides is 1. The number of nitrogens with zero attached hydrogens (tertiary/aromatic N) is 4. The summed E-state index contributed by atoms with van der Waals surface area (Å²) in [5.41, 5.74) is 3.66. The first kappa shape index (κ1) is 22.0. The Morgan fingerprint density at radius 2 is 1.97 bits per heavy atom. The zero-order valence-corrected chi connectivity index (χ0v) is 19.6. The zero-order chi connectivity index (χ0) is 22.8. The fourth-order valence-corrected chi connectivity index (χ4v) is 5.69. The summed E-state index contributed by atoms with van der Waals surface area (Å²) >= 11 is 1.83. The SMILES string of the molecule is CCOC(=O)c1ccc(N2CCN(Cc3cnc4c(c3)NC(=O)[C@@H]3CSCCN43)CC2)cc1. The van der Waals surface area contributed by atoms with Crippen LogP contribution in [0.3, 0.4) is 0 Å². The van der Waals surface area contributed by atoms with Crippen LogP contribution in [-0.4, -0.2) is 78.6 Å². The molecular formula is C24H29N5O3S. The van der Waals surface area contributed by atoms with E-state index in [-0.39, 0.29) is 17.9 Å². The lowest BCUT2D eigenvalue weighted by atomic mass is 10.1. The van der Waals surface area contributed by atoms with E-state index < -0.39 is 0 Å². The molecule has 0 aliphatic carbocycles. The van der Waals surface area contributed by atoms with E-state index in [0.717, 1.165) is 73.5 Å². The summed E-state index contributed by atoms with van der Waals surface area (Å²) < 4.78 is 5.06. The summed E-state index contributed by atoms with van der Waals surface area (Å²) in [5, 5.41) is 3.07. The molecule has 3 aliphatic heterocycles. The van der Waals surface area contributed by atoms with Gasteiger partial charge in [-0.15, -0.1) is 0 Å². The van der Waals surface area contributed by atoms with Crippen LogP contribution in [0.2, 0.25) is 0 Å². The first-order valence-electron chi connectivity index (χ1n) is 11.5. The van der Waals surface area contributed by atoms with E-state index >= 15 is 0 Å². The molecule has 1 N–H and O–H groups in total. The summed E-state index contributed by atoms with van der Waals surface area (Å²) in [7, 11) is 0. The van der Waals surface area contributed by atoms with Crippen LogP contribution in [0.5, 0.6) is 0 Å². The maximum absolute atomic E-state index is 12.5. The molecule has 1 aromatic carbocycles. The Morgan fingerprint density at radius 3 is 2.73 bits per heavy atom. The van der Waals surface area contributed by atoms with Crippen molar-refractivity contribution in [3.05, 3.63) is 47.7 Å². The molecule has 5 rings (SSSR count). The number of hydrogen-bond acceptors (Lipinski definition) is 8. The Morgan fingerprint density at radius 1 is 1.18 bits per heavy atom. The highest BCUT2D eigenvalue weighted by atomic mass is 32.2. The monoisotopic (exact) mass is 467 g/mol. The molecular weight excluding hydrogens is 438 g/mol. The van der Waals surface area contributed by atoms with Gasteiger partial charge in [-0.1, -0.05) is 0 Å². The number of ether oxygens (including phenoxy) is 1. The highest BCUT2D eigenvalue weighted by molar-refractivity contribution is 7.99. The Hall–Kier alpha value is -2.78. The molecule has 1 aromatic heterocycles. The Bertz CT molecular complexity index is 1020. The molecule has 0 bridgehead atoms. The van der Waals surface area contributed by atoms with Crippen LogP contribution in [-0.2, 0) is 16.1 Å². The van der Waals surface area contributed by atoms with E-state index in [1.807, 2.05) is 49.1 Å². The van der Waals surface area contributed by atoms with E-state index in [1.54, 1.807) is 0 Å². The van der Waals surface area contributed by atoms with Gasteiger partial charge in [-0.2, -0.15) is 11.8 Å². The molecule has 3 aliphatic rings. The number of thioether (sulfide) groups is 1. The smallest absolute Gasteiger partial charge is 0.338 e. The number of pyridine rings is 1. The average molecular weight is 468 g/mol. The van der Waals surface area contributed by atoms with Crippen molar-refractivity contribution in [3.63, 3.8) is 0 Å². The van der Waals surface area contributed by atoms with E-state index in [1.165, 1.54) is 0 Å². The lowest BCUT2D eigenvalue weighted by Crippen LogP contribution is -2.53. The van der Waals surface area contributed by atoms with Crippen molar-refractivity contribution in [1.29, 1.82) is 0 Å². The standard InChI is InChI=1S/C24H29N5O3S/c1-2-32-24(31)18-3-5-19(6-4-18)28-9-7-27(8-10-28)15-17-13-20-22(25-14-17)29-11-12-33-16-21(29)23(30)26-20/h3-6,13-14,21H,2,7-12,15-16H2,1H3,(H,26,30)/t21-/m0/s1. The highest BCUT2D eigenvalue weighted by Gasteiger charge is 2.36. The van der Waals surface area contributed by atoms with Gasteiger partial charge in [0.05, 0.1) is 17.9 Å². The number of piperazine rings is 1. The quantitative estimate of drug-likeness (QED) is 0.672. The van der Waals surface area contributed by atoms with Gasteiger partial charge in [0.1, 0.15) is 6.04 Å². The molecule has 8 nitrogen and oxygen atoms in total. The molecule has 0 unspecified atom stereocenters. The predicted octanol–water partition coefficient (Wildman–Crippen LogP) is 2.45. The number of fused-ring (bicyclic) bond motifs is 3. The number of carbonyl (C=O) groups is 2. The second kappa shape index (κ2) is 9.61. The van der Waals surface area contributed by atoms with Crippen LogP contribution < -0.4 is 15.1 Å². The van der Waals surface area contributed by atoms with E-state index in [2.05, 4.69) is 26.1 Å². The lowest BCUT2D eigenvalue weighted by molar-refractivity contribution is -0.117. The minimum absolute atomic E-state index is 0.0799. The minimum Gasteiger partial charge on any atom is -0.462 e. The maximum Gasteiger partial charge on any atom is 0.338 e. The predicted molar refractivity (Wildman–Crippen MR) is 131 cm³/mol. The normalized spacial score (nSPS) is 20.6. The van der Waals surface area contributed by atoms with Gasteiger partial charge in [0.15, 0.2) is 5.82 Å². The maximum atomic E-state index is 12.5. The minimum atomic E-state index is -0.279. The van der Waals surface area contributed by atoms with Crippen LogP contribution in [0, 0.1) is 0 Å². The fourth-order valence-electron chi connectivity index (χ4n) is 4.64. The van der Waals surface area contributed by atoms with Gasteiger partial charge in [0.2, 0.25) is 5.91 Å². The van der Waals surface area contributed by atoms with Crippen LogP contribution in [0.15, 0.2) is 36.5 Å². The van der Waals surface area contributed by atoms with Gasteiger partial charge in [-0.25, -0.2) is 9.78 Å². The summed E-state index contributed by atoms with van der Waals surface area (Å²) in [6.45, 7) is 7.58. The van der Waals surface area contributed by atoms with Gasteiger partial charge in [-0.05, 0) is 42.8 Å². The Balaban J connectivity index is 1.18.